The molecule has 0 aliphatic carbocycles. The molecule has 0 N–H and O–H groups in total. The molecule has 0 aromatic heterocycles. The molecule has 0 bridgehead atoms. The molecule has 1 aromatic rings. The summed E-state index contributed by atoms with van der Waals surface area (Å²) in [5, 5.41) is 0. The largest absolute Gasteiger partial charge is 0.468 e. The number of ether oxygens (including phenoxy) is 3. The Kier molecular flexibility index (Phi) is 4.29. The average molecular weight is 288 g/mol. The van der Waals surface area contributed by atoms with Gasteiger partial charge in [-0.05, 0) is 5.56 Å². The van der Waals surface area contributed by atoms with Crippen molar-refractivity contribution in [2.75, 3.05) is 14.2 Å². The Balaban J connectivity index is 2.55. The number of benzene rings is 1. The topological polar surface area (TPSA) is 61.8 Å². The van der Waals surface area contributed by atoms with Crippen molar-refractivity contribution < 1.29 is 23.8 Å². The van der Waals surface area contributed by atoms with Gasteiger partial charge in [0, 0.05) is 6.42 Å². The molecule has 5 nitrogen and oxygen atoms in total. The van der Waals surface area contributed by atoms with Crippen LogP contribution >= 0.6 is 0 Å². The van der Waals surface area contributed by atoms with Gasteiger partial charge in [-0.2, -0.15) is 0 Å². The highest BCUT2D eigenvalue weighted by atomic mass is 16.6. The molecule has 1 aromatic carbocycles. The minimum atomic E-state index is -1.58. The molecule has 1 aliphatic heterocycles. The second-order valence-electron chi connectivity index (χ2n) is 4.74. The van der Waals surface area contributed by atoms with E-state index in [2.05, 4.69) is 5.92 Å². The number of carbonyl (C=O) groups is 2. The number of rotatable bonds is 3. The van der Waals surface area contributed by atoms with Crippen molar-refractivity contribution >= 4 is 11.9 Å². The van der Waals surface area contributed by atoms with Gasteiger partial charge in [0.05, 0.1) is 14.2 Å². The van der Waals surface area contributed by atoms with Crippen molar-refractivity contribution in [3.63, 3.8) is 0 Å². The van der Waals surface area contributed by atoms with Gasteiger partial charge < -0.3 is 14.2 Å². The molecule has 0 radical (unpaired) electrons. The highest BCUT2D eigenvalue weighted by Crippen LogP contribution is 2.49. The summed E-state index contributed by atoms with van der Waals surface area (Å²) in [6, 6.07) is 8.95. The van der Waals surface area contributed by atoms with Crippen molar-refractivity contribution in [1.82, 2.24) is 0 Å². The quantitative estimate of drug-likeness (QED) is 0.479. The lowest BCUT2D eigenvalue weighted by Gasteiger charge is -2.28. The minimum absolute atomic E-state index is 0.0302. The van der Waals surface area contributed by atoms with E-state index in [0.717, 1.165) is 0 Å². The van der Waals surface area contributed by atoms with E-state index in [1.807, 2.05) is 6.07 Å². The van der Waals surface area contributed by atoms with Gasteiger partial charge in [0.15, 0.2) is 5.41 Å². The maximum atomic E-state index is 12.3. The van der Waals surface area contributed by atoms with Gasteiger partial charge in [0.2, 0.25) is 0 Å². The van der Waals surface area contributed by atoms with Gasteiger partial charge >= 0.3 is 11.9 Å². The molecule has 0 amide bonds. The van der Waals surface area contributed by atoms with Crippen LogP contribution in [-0.4, -0.2) is 32.3 Å². The average Bonchev–Trinajstić information content (AvgIpc) is 2.95. The monoisotopic (exact) mass is 288 g/mol. The fourth-order valence-corrected chi connectivity index (χ4v) is 2.65. The summed E-state index contributed by atoms with van der Waals surface area (Å²) in [5.41, 5.74) is -0.909. The van der Waals surface area contributed by atoms with Crippen molar-refractivity contribution in [3.05, 3.63) is 35.9 Å². The van der Waals surface area contributed by atoms with Crippen molar-refractivity contribution in [2.24, 2.45) is 5.41 Å². The molecule has 5 heteroatoms. The third kappa shape index (κ3) is 2.39. The first-order chi connectivity index (χ1) is 10.1. The third-order valence-corrected chi connectivity index (χ3v) is 3.64. The van der Waals surface area contributed by atoms with Crippen molar-refractivity contribution in [3.8, 4) is 12.3 Å². The molecule has 1 saturated heterocycles. The molecule has 0 unspecified atom stereocenters. The Morgan fingerprint density at radius 2 is 1.81 bits per heavy atom. The summed E-state index contributed by atoms with van der Waals surface area (Å²) in [5.74, 6) is 1.02. The van der Waals surface area contributed by atoms with Gasteiger partial charge in [0.1, 0.15) is 12.2 Å². The lowest BCUT2D eigenvalue weighted by molar-refractivity contribution is -0.173. The van der Waals surface area contributed by atoms with E-state index in [9.17, 15) is 9.59 Å². The zero-order chi connectivity index (χ0) is 15.5. The first-order valence-electron chi connectivity index (χ1n) is 6.43. The molecule has 0 saturated carbocycles. The van der Waals surface area contributed by atoms with Crippen LogP contribution in [0, 0.1) is 17.8 Å². The molecule has 1 heterocycles. The fourth-order valence-electron chi connectivity index (χ4n) is 2.65. The van der Waals surface area contributed by atoms with Gasteiger partial charge in [0.25, 0.3) is 0 Å². The summed E-state index contributed by atoms with van der Waals surface area (Å²) in [6.07, 6.45) is 3.94. The zero-order valence-electron chi connectivity index (χ0n) is 11.9. The number of hydrogen-bond acceptors (Lipinski definition) is 5. The van der Waals surface area contributed by atoms with Crippen LogP contribution in [-0.2, 0) is 23.8 Å². The SMILES string of the molecule is C#C[C@H]1CC(C(=O)OC)(C(=O)OC)[C@H](c2ccccc2)O1. The smallest absolute Gasteiger partial charge is 0.326 e. The van der Waals surface area contributed by atoms with Gasteiger partial charge in [-0.1, -0.05) is 36.3 Å². The summed E-state index contributed by atoms with van der Waals surface area (Å²) in [6.45, 7) is 0. The van der Waals surface area contributed by atoms with Crippen molar-refractivity contribution in [1.29, 1.82) is 0 Å². The lowest BCUT2D eigenvalue weighted by atomic mass is 9.77. The van der Waals surface area contributed by atoms with Gasteiger partial charge in [-0.15, -0.1) is 6.42 Å². The molecule has 0 spiro atoms. The minimum Gasteiger partial charge on any atom is -0.468 e. The molecule has 1 fully saturated rings. The van der Waals surface area contributed by atoms with E-state index < -0.39 is 29.6 Å². The molecule has 2 rings (SSSR count). The van der Waals surface area contributed by atoms with Gasteiger partial charge in [-0.3, -0.25) is 9.59 Å². The second-order valence-corrected chi connectivity index (χ2v) is 4.74. The summed E-state index contributed by atoms with van der Waals surface area (Å²) in [7, 11) is 2.44. The van der Waals surface area contributed by atoms with Crippen LogP contribution in [0.2, 0.25) is 0 Å². The maximum Gasteiger partial charge on any atom is 0.326 e. The number of carbonyl (C=O) groups excluding carboxylic acids is 2. The predicted octanol–water partition coefficient (Wildman–Crippen LogP) is 1.48. The standard InChI is InChI=1S/C16H16O5/c1-4-12-10-16(14(17)19-2,15(18)20-3)13(21-12)11-8-6-5-7-9-11/h1,5-9,12-13H,10H2,2-3H3/t12-,13-/m0/s1. The number of esters is 2. The van der Waals surface area contributed by atoms with Crippen LogP contribution in [0.15, 0.2) is 30.3 Å². The van der Waals surface area contributed by atoms with Crippen LogP contribution in [0.3, 0.4) is 0 Å². The fraction of sp³-hybridized carbons (Fsp3) is 0.375. The van der Waals surface area contributed by atoms with Crippen molar-refractivity contribution in [2.45, 2.75) is 18.6 Å². The predicted molar refractivity (Wildman–Crippen MR) is 74.0 cm³/mol. The van der Waals surface area contributed by atoms with E-state index in [4.69, 9.17) is 20.6 Å². The Morgan fingerprint density at radius 1 is 1.24 bits per heavy atom. The Bertz CT molecular complexity index is 556. The van der Waals surface area contributed by atoms with Crippen LogP contribution in [0.4, 0.5) is 0 Å². The Hall–Kier alpha value is -2.32. The van der Waals surface area contributed by atoms with E-state index in [-0.39, 0.29) is 6.42 Å². The first-order valence-corrected chi connectivity index (χ1v) is 6.43. The Morgan fingerprint density at radius 3 is 2.29 bits per heavy atom. The van der Waals surface area contributed by atoms with Crippen LogP contribution in [0.25, 0.3) is 0 Å². The van der Waals surface area contributed by atoms with Crippen LogP contribution < -0.4 is 0 Å². The molecule has 1 aliphatic rings. The summed E-state index contributed by atoms with van der Waals surface area (Å²) >= 11 is 0. The highest BCUT2D eigenvalue weighted by molar-refractivity contribution is 6.01. The van der Waals surface area contributed by atoms with Crippen LogP contribution in [0.5, 0.6) is 0 Å². The van der Waals surface area contributed by atoms with E-state index in [1.165, 1.54) is 14.2 Å². The van der Waals surface area contributed by atoms with E-state index in [0.29, 0.717) is 5.56 Å². The van der Waals surface area contributed by atoms with E-state index >= 15 is 0 Å². The molecule has 21 heavy (non-hydrogen) atoms. The third-order valence-electron chi connectivity index (χ3n) is 3.64. The first kappa shape index (κ1) is 15.1. The van der Waals surface area contributed by atoms with Crippen LogP contribution in [0.1, 0.15) is 18.1 Å². The van der Waals surface area contributed by atoms with Gasteiger partial charge in [-0.25, -0.2) is 0 Å². The summed E-state index contributed by atoms with van der Waals surface area (Å²) < 4.78 is 15.4. The molecule has 2 atom stereocenters. The maximum absolute atomic E-state index is 12.3. The number of hydrogen-bond donors (Lipinski definition) is 0. The lowest BCUT2D eigenvalue weighted by Crippen LogP contribution is -2.43. The molecule has 110 valence electrons. The zero-order valence-corrected chi connectivity index (χ0v) is 11.9. The molecular weight excluding hydrogens is 272 g/mol. The van der Waals surface area contributed by atoms with E-state index in [1.54, 1.807) is 24.3 Å². The number of terminal acetylenes is 1. The molecular formula is C16H16O5. The normalized spacial score (nSPS) is 23.1. The number of methoxy groups -OCH3 is 2. The second kappa shape index (κ2) is 5.98. The Labute approximate surface area is 123 Å². The summed E-state index contributed by atoms with van der Waals surface area (Å²) in [4.78, 5) is 24.6. The highest BCUT2D eigenvalue weighted by Gasteiger charge is 2.61.